The van der Waals surface area contributed by atoms with E-state index in [2.05, 4.69) is 4.18 Å². The van der Waals surface area contributed by atoms with E-state index in [0.29, 0.717) is 0 Å². The molecule has 60 valence electrons. The van der Waals surface area contributed by atoms with Crippen LogP contribution in [0.4, 0.5) is 0 Å². The van der Waals surface area contributed by atoms with Gasteiger partial charge in [0.05, 0.1) is 12.9 Å². The molecule has 0 aliphatic carbocycles. The molecule has 0 aromatic heterocycles. The van der Waals surface area contributed by atoms with Crippen LogP contribution in [0, 0.1) is 0 Å². The summed E-state index contributed by atoms with van der Waals surface area (Å²) in [6.07, 6.45) is 1.75. The molecule has 0 unspecified atom stereocenters. The lowest BCUT2D eigenvalue weighted by Crippen LogP contribution is -2.08. The highest BCUT2D eigenvalue weighted by Gasteiger charge is 2.07. The molecule has 0 saturated carbocycles. The van der Waals surface area contributed by atoms with Gasteiger partial charge in [-0.25, -0.2) is 0 Å². The fraction of sp³-hybridized carbons (Fsp3) is 0.667. The predicted molar refractivity (Wildman–Crippen MR) is 40.2 cm³/mol. The quantitative estimate of drug-likeness (QED) is 0.460. The van der Waals surface area contributed by atoms with Crippen LogP contribution in [0.25, 0.3) is 0 Å². The third-order valence-corrected chi connectivity index (χ3v) is 2.47. The molecule has 0 bridgehead atoms. The zero-order valence-corrected chi connectivity index (χ0v) is 7.23. The molecule has 0 rings (SSSR count). The summed E-state index contributed by atoms with van der Waals surface area (Å²) in [5.41, 5.74) is 0.793. The Labute approximate surface area is 61.8 Å². The van der Waals surface area contributed by atoms with Gasteiger partial charge in [0.15, 0.2) is 0 Å². The lowest BCUT2D eigenvalue weighted by atomic mass is 10.3. The van der Waals surface area contributed by atoms with Crippen LogP contribution in [-0.4, -0.2) is 21.3 Å². The molecule has 0 aromatic carbocycles. The number of hydrogen-bond donors (Lipinski definition) is 0. The van der Waals surface area contributed by atoms with Crippen molar-refractivity contribution in [1.29, 1.82) is 0 Å². The molecule has 0 N–H and O–H groups in total. The number of rotatable bonds is 3. The van der Waals surface area contributed by atoms with Crippen LogP contribution in [0.5, 0.6) is 0 Å². The first-order valence-corrected chi connectivity index (χ1v) is 4.49. The Morgan fingerprint density at radius 3 is 2.40 bits per heavy atom. The second-order valence-electron chi connectivity index (χ2n) is 2.00. The van der Waals surface area contributed by atoms with E-state index in [9.17, 15) is 8.42 Å². The highest BCUT2D eigenvalue weighted by atomic mass is 32.2. The summed E-state index contributed by atoms with van der Waals surface area (Å²) in [5, 5.41) is 0. The largest absolute Gasteiger partial charge is 0.273 e. The van der Waals surface area contributed by atoms with E-state index in [-0.39, 0.29) is 5.75 Å². The van der Waals surface area contributed by atoms with Crippen molar-refractivity contribution >= 4 is 10.1 Å². The van der Waals surface area contributed by atoms with Gasteiger partial charge in [0.25, 0.3) is 10.1 Å². The first-order chi connectivity index (χ1) is 4.52. The maximum absolute atomic E-state index is 10.7. The van der Waals surface area contributed by atoms with Crippen LogP contribution in [0.3, 0.4) is 0 Å². The summed E-state index contributed by atoms with van der Waals surface area (Å²) in [6.45, 7) is 3.54. The van der Waals surface area contributed by atoms with Gasteiger partial charge in [0, 0.05) is 0 Å². The van der Waals surface area contributed by atoms with Crippen molar-refractivity contribution in [2.45, 2.75) is 13.8 Å². The molecule has 0 fully saturated rings. The van der Waals surface area contributed by atoms with Crippen molar-refractivity contribution in [3.8, 4) is 0 Å². The van der Waals surface area contributed by atoms with Gasteiger partial charge >= 0.3 is 0 Å². The first kappa shape index (κ1) is 9.65. The van der Waals surface area contributed by atoms with Crippen LogP contribution in [0.1, 0.15) is 13.8 Å². The summed E-state index contributed by atoms with van der Waals surface area (Å²) >= 11 is 0. The Hall–Kier alpha value is -0.350. The van der Waals surface area contributed by atoms with Crippen molar-refractivity contribution in [3.05, 3.63) is 11.6 Å². The fourth-order valence-electron chi connectivity index (χ4n) is 0.421. The zero-order valence-electron chi connectivity index (χ0n) is 6.42. The van der Waals surface area contributed by atoms with Gasteiger partial charge in [-0.05, 0) is 13.8 Å². The Morgan fingerprint density at radius 2 is 2.10 bits per heavy atom. The van der Waals surface area contributed by atoms with Crippen LogP contribution in [0.15, 0.2) is 11.6 Å². The van der Waals surface area contributed by atoms with Gasteiger partial charge in [-0.15, -0.1) is 0 Å². The third-order valence-electron chi connectivity index (χ3n) is 1.15. The summed E-state index contributed by atoms with van der Waals surface area (Å²) in [7, 11) is -2.13. The number of allylic oxidation sites excluding steroid dienone is 1. The van der Waals surface area contributed by atoms with Gasteiger partial charge in [0.1, 0.15) is 0 Å². The minimum absolute atomic E-state index is 0.0139. The summed E-state index contributed by atoms with van der Waals surface area (Å²) < 4.78 is 25.7. The van der Waals surface area contributed by atoms with Crippen LogP contribution < -0.4 is 0 Å². The molecule has 0 atom stereocenters. The average Bonchev–Trinajstić information content (AvgIpc) is 1.87. The van der Waals surface area contributed by atoms with E-state index in [1.807, 2.05) is 0 Å². The van der Waals surface area contributed by atoms with Crippen LogP contribution >= 0.6 is 0 Å². The molecule has 0 aromatic rings. The molecular weight excluding hydrogens is 152 g/mol. The zero-order chi connectivity index (χ0) is 8.20. The second-order valence-corrected chi connectivity index (χ2v) is 3.74. The van der Waals surface area contributed by atoms with E-state index in [1.165, 1.54) is 0 Å². The van der Waals surface area contributed by atoms with E-state index in [4.69, 9.17) is 0 Å². The van der Waals surface area contributed by atoms with E-state index in [1.54, 1.807) is 19.9 Å². The number of hydrogen-bond acceptors (Lipinski definition) is 3. The molecule has 10 heavy (non-hydrogen) atoms. The van der Waals surface area contributed by atoms with Gasteiger partial charge in [0.2, 0.25) is 0 Å². The normalized spacial score (nSPS) is 13.7. The van der Waals surface area contributed by atoms with Gasteiger partial charge < -0.3 is 0 Å². The van der Waals surface area contributed by atoms with E-state index < -0.39 is 10.1 Å². The minimum atomic E-state index is -3.30. The molecule has 0 aliphatic rings. The summed E-state index contributed by atoms with van der Waals surface area (Å²) in [4.78, 5) is 0. The third kappa shape index (κ3) is 3.63. The first-order valence-electron chi connectivity index (χ1n) is 2.92. The fourth-order valence-corrected chi connectivity index (χ4v) is 1.26. The Morgan fingerprint density at radius 1 is 1.60 bits per heavy atom. The van der Waals surface area contributed by atoms with Crippen LogP contribution in [0.2, 0.25) is 0 Å². The average molecular weight is 164 g/mol. The molecule has 0 amide bonds. The Balaban J connectivity index is 4.17. The molecule has 0 saturated heterocycles. The lowest BCUT2D eigenvalue weighted by molar-refractivity contribution is 0.399. The maximum atomic E-state index is 10.7. The SMILES string of the molecule is CC=C(C)CS(=O)(=O)OC. The molecule has 0 heterocycles. The van der Waals surface area contributed by atoms with E-state index >= 15 is 0 Å². The minimum Gasteiger partial charge on any atom is -0.273 e. The van der Waals surface area contributed by atoms with Gasteiger partial charge in [-0.1, -0.05) is 11.6 Å². The van der Waals surface area contributed by atoms with Crippen molar-refractivity contribution < 1.29 is 12.6 Å². The summed E-state index contributed by atoms with van der Waals surface area (Å²) in [6, 6.07) is 0. The monoisotopic (exact) mass is 164 g/mol. The van der Waals surface area contributed by atoms with Crippen LogP contribution in [-0.2, 0) is 14.3 Å². The van der Waals surface area contributed by atoms with Crippen molar-refractivity contribution in [3.63, 3.8) is 0 Å². The van der Waals surface area contributed by atoms with Gasteiger partial charge in [-0.2, -0.15) is 8.42 Å². The summed E-state index contributed by atoms with van der Waals surface area (Å²) in [5.74, 6) is -0.0139. The topological polar surface area (TPSA) is 43.4 Å². The molecular formula is C6H12O3S. The van der Waals surface area contributed by atoms with Gasteiger partial charge in [-0.3, -0.25) is 4.18 Å². The second kappa shape index (κ2) is 3.73. The molecule has 0 aliphatic heterocycles. The van der Waals surface area contributed by atoms with Crippen molar-refractivity contribution in [2.24, 2.45) is 0 Å². The highest BCUT2D eigenvalue weighted by molar-refractivity contribution is 7.86. The molecule has 4 heteroatoms. The van der Waals surface area contributed by atoms with Crippen molar-refractivity contribution in [2.75, 3.05) is 12.9 Å². The molecule has 3 nitrogen and oxygen atoms in total. The standard InChI is InChI=1S/C6H12O3S/c1-4-6(2)5-10(7,8)9-3/h4H,5H2,1-3H3. The predicted octanol–water partition coefficient (Wildman–Crippen LogP) is 0.929. The smallest absolute Gasteiger partial charge is 0.270 e. The van der Waals surface area contributed by atoms with Crippen molar-refractivity contribution in [1.82, 2.24) is 0 Å². The molecule has 0 spiro atoms. The van der Waals surface area contributed by atoms with E-state index in [0.717, 1.165) is 12.7 Å². The highest BCUT2D eigenvalue weighted by Crippen LogP contribution is 1.99. The Kier molecular flexibility index (Phi) is 3.60. The Bertz CT molecular complexity index is 213. The molecule has 0 radical (unpaired) electrons. The lowest BCUT2D eigenvalue weighted by Gasteiger charge is -1.99. The maximum Gasteiger partial charge on any atom is 0.270 e.